The Morgan fingerprint density at radius 2 is 2.11 bits per heavy atom. The Hall–Kier alpha value is -0.280. The number of hydrogen-bond donors (Lipinski definition) is 1. The lowest BCUT2D eigenvalue weighted by molar-refractivity contribution is -0.129. The molecule has 0 saturated heterocycles. The van der Waals surface area contributed by atoms with Gasteiger partial charge in [0.25, 0.3) is 0 Å². The largest absolute Gasteiger partial charge is 0.347 e. The molecule has 0 spiro atoms. The second-order valence-electron chi connectivity index (χ2n) is 2.06. The fourth-order valence-electron chi connectivity index (χ4n) is 0.434. The molecule has 1 atom stereocenters. The molecular formula is C5H11ClN2O. The van der Waals surface area contributed by atoms with Gasteiger partial charge in [-0.25, -0.2) is 4.84 Å². The molecule has 1 N–H and O–H groups in total. The highest BCUT2D eigenvalue weighted by atomic mass is 35.5. The van der Waals surface area contributed by atoms with Crippen LogP contribution in [0.2, 0.25) is 0 Å². The molecule has 54 valence electrons. The Morgan fingerprint density at radius 3 is 2.22 bits per heavy atom. The molecular weight excluding hydrogens is 140 g/mol. The maximum atomic E-state index is 10.9. The average Bonchev–Trinajstić information content (AvgIpc) is 1.84. The number of halogens is 1. The molecule has 0 radical (unpaired) electrons. The third-order valence-corrected chi connectivity index (χ3v) is 1.30. The molecule has 3 nitrogen and oxygen atoms in total. The summed E-state index contributed by atoms with van der Waals surface area (Å²) in [5, 5.41) is 0. The van der Waals surface area contributed by atoms with E-state index in [0.29, 0.717) is 0 Å². The Labute approximate surface area is 60.1 Å². The zero-order chi connectivity index (χ0) is 7.44. The predicted molar refractivity (Wildman–Crippen MR) is 37.1 cm³/mol. The minimum Gasteiger partial charge on any atom is -0.347 e. The maximum absolute atomic E-state index is 10.9. The molecule has 0 unspecified atom stereocenters. The van der Waals surface area contributed by atoms with Gasteiger partial charge in [0.05, 0.1) is 6.04 Å². The van der Waals surface area contributed by atoms with E-state index in [9.17, 15) is 4.79 Å². The molecule has 0 saturated carbocycles. The zero-order valence-corrected chi connectivity index (χ0v) is 6.57. The minimum atomic E-state index is -0.304. The standard InChI is InChI=1S/C5H11ClN2O/c1-4(7-6)5(9)8(2)3/h4,7H,1-3H3/t4-/m0/s1. The van der Waals surface area contributed by atoms with E-state index in [4.69, 9.17) is 11.8 Å². The Morgan fingerprint density at radius 1 is 1.67 bits per heavy atom. The summed E-state index contributed by atoms with van der Waals surface area (Å²) >= 11 is 5.19. The van der Waals surface area contributed by atoms with Crippen molar-refractivity contribution in [2.24, 2.45) is 0 Å². The van der Waals surface area contributed by atoms with Crippen molar-refractivity contribution < 1.29 is 4.79 Å². The number of carbonyl (C=O) groups is 1. The number of hydrogen-bond acceptors (Lipinski definition) is 2. The second kappa shape index (κ2) is 3.69. The van der Waals surface area contributed by atoms with Gasteiger partial charge in [-0.05, 0) is 18.7 Å². The highest BCUT2D eigenvalue weighted by Crippen LogP contribution is 1.88. The van der Waals surface area contributed by atoms with Crippen molar-refractivity contribution in [2.45, 2.75) is 13.0 Å². The quantitative estimate of drug-likeness (QED) is 0.571. The van der Waals surface area contributed by atoms with Crippen molar-refractivity contribution in [1.29, 1.82) is 0 Å². The van der Waals surface area contributed by atoms with E-state index < -0.39 is 0 Å². The Kier molecular flexibility index (Phi) is 3.58. The molecule has 0 heterocycles. The molecule has 0 bridgehead atoms. The van der Waals surface area contributed by atoms with Gasteiger partial charge in [-0.3, -0.25) is 4.79 Å². The molecule has 0 rings (SSSR count). The zero-order valence-electron chi connectivity index (χ0n) is 5.81. The average molecular weight is 151 g/mol. The van der Waals surface area contributed by atoms with Gasteiger partial charge in [0, 0.05) is 14.1 Å². The molecule has 4 heteroatoms. The van der Waals surface area contributed by atoms with Crippen molar-refractivity contribution in [1.82, 2.24) is 9.74 Å². The van der Waals surface area contributed by atoms with Crippen LogP contribution in [0.15, 0.2) is 0 Å². The van der Waals surface area contributed by atoms with Gasteiger partial charge in [0.1, 0.15) is 0 Å². The van der Waals surface area contributed by atoms with Gasteiger partial charge >= 0.3 is 0 Å². The molecule has 0 aromatic rings. The Bertz CT molecular complexity index is 105. The molecule has 0 aliphatic heterocycles. The second-order valence-corrected chi connectivity index (χ2v) is 2.28. The van der Waals surface area contributed by atoms with Gasteiger partial charge in [0.15, 0.2) is 0 Å². The number of nitrogens with one attached hydrogen (secondary N) is 1. The van der Waals surface area contributed by atoms with E-state index in [1.165, 1.54) is 4.90 Å². The third-order valence-electron chi connectivity index (χ3n) is 0.975. The molecule has 0 aliphatic rings. The normalized spacial score (nSPS) is 12.9. The highest BCUT2D eigenvalue weighted by Gasteiger charge is 2.11. The van der Waals surface area contributed by atoms with Gasteiger partial charge in [-0.15, -0.1) is 0 Å². The molecule has 9 heavy (non-hydrogen) atoms. The summed E-state index contributed by atoms with van der Waals surface area (Å²) in [7, 11) is 3.38. The summed E-state index contributed by atoms with van der Waals surface area (Å²) in [5.41, 5.74) is 0. The smallest absolute Gasteiger partial charge is 0.240 e. The first-order valence-corrected chi connectivity index (χ1v) is 3.04. The van der Waals surface area contributed by atoms with Crippen molar-refractivity contribution in [2.75, 3.05) is 14.1 Å². The van der Waals surface area contributed by atoms with Gasteiger partial charge in [0.2, 0.25) is 5.91 Å². The maximum Gasteiger partial charge on any atom is 0.240 e. The topological polar surface area (TPSA) is 32.3 Å². The molecule has 0 aliphatic carbocycles. The lowest BCUT2D eigenvalue weighted by atomic mass is 10.3. The van der Waals surface area contributed by atoms with E-state index in [1.54, 1.807) is 21.0 Å². The summed E-state index contributed by atoms with van der Waals surface area (Å²) < 4.78 is 0. The van der Waals surface area contributed by atoms with Crippen LogP contribution in [0.1, 0.15) is 6.92 Å². The van der Waals surface area contributed by atoms with E-state index in [2.05, 4.69) is 4.84 Å². The minimum absolute atomic E-state index is 0.0231. The summed E-state index contributed by atoms with van der Waals surface area (Å²) in [5.74, 6) is -0.0231. The number of likely N-dealkylation sites (N-methyl/N-ethyl adjacent to an activating group) is 1. The SMILES string of the molecule is C[C@H](NCl)C(=O)N(C)C. The number of amides is 1. The first-order valence-electron chi connectivity index (χ1n) is 2.67. The van der Waals surface area contributed by atoms with E-state index in [1.807, 2.05) is 0 Å². The molecule has 0 aromatic carbocycles. The van der Waals surface area contributed by atoms with Crippen molar-refractivity contribution in [3.63, 3.8) is 0 Å². The van der Waals surface area contributed by atoms with Crippen molar-refractivity contribution in [3.05, 3.63) is 0 Å². The molecule has 0 aromatic heterocycles. The van der Waals surface area contributed by atoms with Crippen molar-refractivity contribution >= 4 is 17.7 Å². The fraction of sp³-hybridized carbons (Fsp3) is 0.800. The van der Waals surface area contributed by atoms with Crippen LogP contribution in [0.5, 0.6) is 0 Å². The predicted octanol–water partition coefficient (Wildman–Crippen LogP) is 0.206. The van der Waals surface area contributed by atoms with E-state index in [0.717, 1.165) is 0 Å². The number of rotatable bonds is 2. The van der Waals surface area contributed by atoms with Gasteiger partial charge < -0.3 is 4.90 Å². The van der Waals surface area contributed by atoms with Crippen LogP contribution in [-0.2, 0) is 4.79 Å². The third kappa shape index (κ3) is 2.67. The monoisotopic (exact) mass is 150 g/mol. The van der Waals surface area contributed by atoms with Gasteiger partial charge in [-0.2, -0.15) is 0 Å². The summed E-state index contributed by atoms with van der Waals surface area (Å²) in [6, 6.07) is -0.304. The van der Waals surface area contributed by atoms with Crippen LogP contribution in [-0.4, -0.2) is 30.9 Å². The van der Waals surface area contributed by atoms with E-state index in [-0.39, 0.29) is 11.9 Å². The molecule has 0 fully saturated rings. The highest BCUT2D eigenvalue weighted by molar-refractivity contribution is 6.15. The lowest BCUT2D eigenvalue weighted by Gasteiger charge is -2.14. The van der Waals surface area contributed by atoms with Crippen LogP contribution < -0.4 is 4.84 Å². The van der Waals surface area contributed by atoms with Crippen LogP contribution in [0, 0.1) is 0 Å². The Balaban J connectivity index is 3.73. The first-order chi connectivity index (χ1) is 4.09. The number of carbonyl (C=O) groups excluding carboxylic acids is 1. The first kappa shape index (κ1) is 8.72. The lowest BCUT2D eigenvalue weighted by Crippen LogP contribution is -2.37. The summed E-state index contributed by atoms with van der Waals surface area (Å²) in [6.45, 7) is 1.70. The number of nitrogens with zero attached hydrogens (tertiary/aromatic N) is 1. The van der Waals surface area contributed by atoms with Crippen molar-refractivity contribution in [3.8, 4) is 0 Å². The van der Waals surface area contributed by atoms with Crippen LogP contribution >= 0.6 is 11.8 Å². The molecule has 1 amide bonds. The van der Waals surface area contributed by atoms with Gasteiger partial charge in [-0.1, -0.05) is 0 Å². The fourth-order valence-corrected chi connectivity index (χ4v) is 0.527. The van der Waals surface area contributed by atoms with Crippen LogP contribution in [0.3, 0.4) is 0 Å². The van der Waals surface area contributed by atoms with Crippen LogP contribution in [0.4, 0.5) is 0 Å². The van der Waals surface area contributed by atoms with E-state index >= 15 is 0 Å². The van der Waals surface area contributed by atoms with Crippen LogP contribution in [0.25, 0.3) is 0 Å². The summed E-state index contributed by atoms with van der Waals surface area (Å²) in [4.78, 5) is 14.7. The summed E-state index contributed by atoms with van der Waals surface area (Å²) in [6.07, 6.45) is 0.